The van der Waals surface area contributed by atoms with E-state index in [1.54, 1.807) is 0 Å². The maximum atomic E-state index is 2.67. The smallest absolute Gasteiger partial charge is 0.252 e. The number of hydrogen-bond donors (Lipinski definition) is 0. The normalized spacial score (nSPS) is 12.8. The Balaban J connectivity index is 0.842. The van der Waals surface area contributed by atoms with Crippen molar-refractivity contribution in [3.8, 4) is 55.6 Å². The van der Waals surface area contributed by atoms with Gasteiger partial charge in [-0.2, -0.15) is 0 Å². The van der Waals surface area contributed by atoms with Crippen LogP contribution in [0.3, 0.4) is 0 Å². The van der Waals surface area contributed by atoms with Crippen LogP contribution in [0.1, 0.15) is 26.3 Å². The van der Waals surface area contributed by atoms with Crippen LogP contribution in [-0.4, -0.2) is 13.4 Å². The number of anilines is 12. The summed E-state index contributed by atoms with van der Waals surface area (Å²) in [4.78, 5) is 15.2. The molecule has 0 fully saturated rings. The molecule has 20 rings (SSSR count). The van der Waals surface area contributed by atoms with Gasteiger partial charge in [0.25, 0.3) is 6.71 Å². The van der Waals surface area contributed by atoms with Crippen LogP contribution in [0, 0.1) is 0 Å². The lowest BCUT2D eigenvalue weighted by Gasteiger charge is -2.46. The van der Waals surface area contributed by atoms with E-state index in [1.807, 2.05) is 23.5 Å². The summed E-state index contributed by atoms with van der Waals surface area (Å²) in [5.74, 6) is 0. The molecule has 4 nitrogen and oxygen atoms in total. The van der Waals surface area contributed by atoms with E-state index in [1.165, 1.54) is 85.7 Å². The van der Waals surface area contributed by atoms with Gasteiger partial charge in [0.15, 0.2) is 0 Å². The second-order valence-electron chi connectivity index (χ2n) is 29.5. The molecule has 0 spiro atoms. The standard InChI is InChI=1S/C100H72B2N4S2/c1-100(2,3)76-53-47-73(48-54-76)84-41-19-22-44-89(84)106-91-66-95-88(102-86-43-21-24-46-94(86)107-96-63-83(64-97(108-95)99(96)102)104(79-57-51-72(52-58-79)68-29-11-5-12-30-68)81-40-26-36-75(60-81)70-33-15-7-16-34-70)65-87(91)101-85-42-20-23-45-90(85)105(77-37-17-8-18-38-77)92-61-82(62-93(106)98(92)101)103(78-55-49-71(50-56-78)67-27-9-4-10-28-67)80-39-25-35-74(59-80)69-31-13-6-14-32-69/h4-66H,1-3H3. The molecule has 510 valence electrons. The van der Waals surface area contributed by atoms with Gasteiger partial charge in [-0.15, -0.1) is 0 Å². The van der Waals surface area contributed by atoms with Crippen LogP contribution in [0.25, 0.3) is 55.6 Å². The number of hydrogen-bond acceptors (Lipinski definition) is 6. The summed E-state index contributed by atoms with van der Waals surface area (Å²) >= 11 is 3.84. The van der Waals surface area contributed by atoms with E-state index in [0.29, 0.717) is 0 Å². The van der Waals surface area contributed by atoms with E-state index in [4.69, 9.17) is 0 Å². The molecule has 0 amide bonds. The van der Waals surface area contributed by atoms with Gasteiger partial charge in [-0.1, -0.05) is 328 Å². The molecule has 8 heteroatoms. The Morgan fingerprint density at radius 3 is 1.22 bits per heavy atom. The molecular weight excluding hydrogens is 1340 g/mol. The molecule has 4 heterocycles. The molecule has 0 aliphatic carbocycles. The first-order valence-corrected chi connectivity index (χ1v) is 39.0. The molecule has 0 radical (unpaired) electrons. The highest BCUT2D eigenvalue weighted by Crippen LogP contribution is 2.53. The Bertz CT molecular complexity index is 6110. The molecule has 16 aromatic carbocycles. The first-order chi connectivity index (χ1) is 53.2. The van der Waals surface area contributed by atoms with Gasteiger partial charge in [-0.05, 0) is 192 Å². The van der Waals surface area contributed by atoms with Gasteiger partial charge in [0, 0.05) is 82.0 Å². The lowest BCUT2D eigenvalue weighted by Crippen LogP contribution is -2.64. The fraction of sp³-hybridized carbons (Fsp3) is 0.0400. The lowest BCUT2D eigenvalue weighted by atomic mass is 9.31. The summed E-state index contributed by atoms with van der Waals surface area (Å²) in [5, 5.41) is 0. The Morgan fingerprint density at radius 1 is 0.241 bits per heavy atom. The zero-order valence-electron chi connectivity index (χ0n) is 60.1. The van der Waals surface area contributed by atoms with E-state index < -0.39 is 0 Å². The summed E-state index contributed by atoms with van der Waals surface area (Å²) in [6, 6.07) is 143. The lowest BCUT2D eigenvalue weighted by molar-refractivity contribution is 0.590. The molecule has 108 heavy (non-hydrogen) atoms. The van der Waals surface area contributed by atoms with Crippen LogP contribution in [-0.2, 0) is 5.41 Å². The summed E-state index contributed by atoms with van der Waals surface area (Å²) in [6.45, 7) is 6.68. The zero-order valence-corrected chi connectivity index (χ0v) is 61.8. The average molecular weight is 1420 g/mol. The second kappa shape index (κ2) is 26.9. The minimum absolute atomic E-state index is 0.0258. The third-order valence-electron chi connectivity index (χ3n) is 22.1. The van der Waals surface area contributed by atoms with Crippen molar-refractivity contribution in [1.29, 1.82) is 0 Å². The van der Waals surface area contributed by atoms with Crippen molar-refractivity contribution in [1.82, 2.24) is 0 Å². The average Bonchev–Trinajstić information content (AvgIpc) is 0.688. The Labute approximate surface area is 642 Å². The molecule has 0 saturated carbocycles. The zero-order chi connectivity index (χ0) is 72.0. The highest BCUT2D eigenvalue weighted by Gasteiger charge is 2.47. The van der Waals surface area contributed by atoms with Crippen molar-refractivity contribution in [2.24, 2.45) is 0 Å². The van der Waals surface area contributed by atoms with Crippen molar-refractivity contribution in [3.63, 3.8) is 0 Å². The molecular formula is C100H72B2N4S2. The number of nitrogens with zero attached hydrogens (tertiary/aromatic N) is 4. The van der Waals surface area contributed by atoms with Gasteiger partial charge >= 0.3 is 0 Å². The number of rotatable bonds is 13. The highest BCUT2D eigenvalue weighted by atomic mass is 32.2. The van der Waals surface area contributed by atoms with Crippen molar-refractivity contribution < 1.29 is 0 Å². The first-order valence-electron chi connectivity index (χ1n) is 37.3. The molecule has 16 aromatic rings. The van der Waals surface area contributed by atoms with Gasteiger partial charge in [0.05, 0.1) is 11.4 Å². The van der Waals surface area contributed by atoms with Crippen molar-refractivity contribution in [2.45, 2.75) is 45.8 Å². The third-order valence-corrected chi connectivity index (χ3v) is 24.4. The van der Waals surface area contributed by atoms with Crippen LogP contribution in [0.2, 0.25) is 0 Å². The van der Waals surface area contributed by atoms with Crippen LogP contribution < -0.4 is 52.4 Å². The van der Waals surface area contributed by atoms with Crippen LogP contribution >= 0.6 is 23.5 Å². The van der Waals surface area contributed by atoms with Crippen LogP contribution in [0.4, 0.5) is 68.2 Å². The quantitative estimate of drug-likeness (QED) is 0.106. The number of para-hydroxylation sites is 3. The van der Waals surface area contributed by atoms with Crippen molar-refractivity contribution in [2.75, 3.05) is 19.6 Å². The molecule has 0 atom stereocenters. The third kappa shape index (κ3) is 11.4. The number of benzene rings is 16. The maximum Gasteiger partial charge on any atom is 0.252 e. The molecule has 0 bridgehead atoms. The van der Waals surface area contributed by atoms with Gasteiger partial charge in [-0.25, -0.2) is 0 Å². The topological polar surface area (TPSA) is 13.0 Å². The summed E-state index contributed by atoms with van der Waals surface area (Å²) < 4.78 is 0. The Hall–Kier alpha value is -12.5. The largest absolute Gasteiger partial charge is 0.311 e. The second-order valence-corrected chi connectivity index (χ2v) is 31.7. The molecule has 0 aromatic heterocycles. The van der Waals surface area contributed by atoms with E-state index >= 15 is 0 Å². The number of fused-ring (bicyclic) bond motifs is 8. The molecule has 0 saturated heterocycles. The molecule has 4 aliphatic rings. The van der Waals surface area contributed by atoms with Crippen LogP contribution in [0.15, 0.2) is 402 Å². The predicted molar refractivity (Wildman–Crippen MR) is 461 cm³/mol. The fourth-order valence-corrected chi connectivity index (χ4v) is 19.5. The fourth-order valence-electron chi connectivity index (χ4n) is 17.0. The minimum atomic E-state index is -0.176. The van der Waals surface area contributed by atoms with E-state index in [2.05, 4.69) is 423 Å². The van der Waals surface area contributed by atoms with E-state index in [0.717, 1.165) is 96.1 Å². The van der Waals surface area contributed by atoms with E-state index in [-0.39, 0.29) is 18.8 Å². The van der Waals surface area contributed by atoms with Crippen LogP contribution in [0.5, 0.6) is 0 Å². The monoisotopic (exact) mass is 1410 g/mol. The molecule has 0 N–H and O–H groups in total. The van der Waals surface area contributed by atoms with Crippen molar-refractivity contribution in [3.05, 3.63) is 388 Å². The van der Waals surface area contributed by atoms with Gasteiger partial charge in [-0.3, -0.25) is 0 Å². The highest BCUT2D eigenvalue weighted by molar-refractivity contribution is 8.01. The SMILES string of the molecule is CC(C)(C)c1ccc(-c2ccccc2N2c3cc4c(cc3B3c5ccccc5N(c5ccccc5)c5cc(N(c6ccc(-c7ccccc7)cc6)c6cccc(-c7ccccc7)c6)cc2c53)B2c3ccccc3Sc3cc(N(c5ccc(-c6ccccc6)cc5)c5cccc(-c6ccccc6)c5)cc(c32)S4)cc1. The molecule has 4 aliphatic heterocycles. The van der Waals surface area contributed by atoms with Gasteiger partial charge in [0.2, 0.25) is 6.71 Å². The van der Waals surface area contributed by atoms with Crippen molar-refractivity contribution >= 4 is 138 Å². The molecule has 0 unspecified atom stereocenters. The van der Waals surface area contributed by atoms with E-state index in [9.17, 15) is 0 Å². The maximum absolute atomic E-state index is 2.67. The van der Waals surface area contributed by atoms with Gasteiger partial charge < -0.3 is 19.6 Å². The summed E-state index contributed by atoms with van der Waals surface area (Å²) in [6.07, 6.45) is 0. The first kappa shape index (κ1) is 65.1. The summed E-state index contributed by atoms with van der Waals surface area (Å²) in [5.41, 5.74) is 34.0. The predicted octanol–water partition coefficient (Wildman–Crippen LogP) is 23.8. The minimum Gasteiger partial charge on any atom is -0.311 e. The summed E-state index contributed by atoms with van der Waals surface area (Å²) in [7, 11) is 0. The Kier molecular flexibility index (Phi) is 16.2. The van der Waals surface area contributed by atoms with Gasteiger partial charge in [0.1, 0.15) is 0 Å². The Morgan fingerprint density at radius 2 is 0.667 bits per heavy atom.